The van der Waals surface area contributed by atoms with Crippen LogP contribution in [0, 0.1) is 0 Å². The molecule has 0 saturated carbocycles. The standard InChI is InChI=1S/C52H36N2O/c1-5-14-37(15-6-1)38-24-26-39(27-25-38)40-28-30-44(31-29-40)54(43-20-11-4-12-21-43)49-33-35-51-52-46(22-13-23-47(49)52)48-36-45(32-34-50(48)55-51)53(41-16-7-2-8-17-41)42-18-9-3-10-19-42/h1-36H. The third-order valence-electron chi connectivity index (χ3n) is 10.4. The van der Waals surface area contributed by atoms with Crippen LogP contribution in [0.3, 0.4) is 0 Å². The maximum atomic E-state index is 6.71. The van der Waals surface area contributed by atoms with Crippen molar-refractivity contribution in [3.8, 4) is 44.9 Å². The molecule has 1 aliphatic rings. The van der Waals surface area contributed by atoms with Gasteiger partial charge in [-0.05, 0) is 107 Å². The van der Waals surface area contributed by atoms with Crippen LogP contribution < -0.4 is 14.5 Å². The van der Waals surface area contributed by atoms with E-state index in [1.165, 1.54) is 22.3 Å². The molecular weight excluding hydrogens is 669 g/mol. The van der Waals surface area contributed by atoms with Gasteiger partial charge in [0.25, 0.3) is 0 Å². The molecule has 3 nitrogen and oxygen atoms in total. The Morgan fingerprint density at radius 1 is 0.291 bits per heavy atom. The van der Waals surface area contributed by atoms with Gasteiger partial charge >= 0.3 is 0 Å². The van der Waals surface area contributed by atoms with Gasteiger partial charge < -0.3 is 14.5 Å². The van der Waals surface area contributed by atoms with Crippen molar-refractivity contribution in [2.75, 3.05) is 9.80 Å². The molecule has 260 valence electrons. The van der Waals surface area contributed by atoms with Crippen LogP contribution in [0.1, 0.15) is 0 Å². The molecule has 0 aliphatic carbocycles. The van der Waals surface area contributed by atoms with E-state index in [1.807, 2.05) is 0 Å². The number of nitrogens with zero attached hydrogens (tertiary/aromatic N) is 2. The summed E-state index contributed by atoms with van der Waals surface area (Å²) in [5, 5.41) is 2.23. The minimum atomic E-state index is 0.852. The van der Waals surface area contributed by atoms with E-state index < -0.39 is 0 Å². The van der Waals surface area contributed by atoms with Gasteiger partial charge in [0.1, 0.15) is 11.5 Å². The van der Waals surface area contributed by atoms with Crippen molar-refractivity contribution >= 4 is 44.9 Å². The Hall–Kier alpha value is -7.36. The smallest absolute Gasteiger partial charge is 0.136 e. The first-order valence-electron chi connectivity index (χ1n) is 18.7. The lowest BCUT2D eigenvalue weighted by Crippen LogP contribution is -2.11. The van der Waals surface area contributed by atoms with Crippen LogP contribution in [-0.2, 0) is 0 Å². The molecule has 0 amide bonds. The quantitative estimate of drug-likeness (QED) is 0.157. The van der Waals surface area contributed by atoms with Crippen LogP contribution in [0.15, 0.2) is 218 Å². The number of fused-ring (bicyclic) bond motifs is 2. The molecular formula is C52H36N2O. The lowest BCUT2D eigenvalue weighted by molar-refractivity contribution is 0.487. The molecule has 0 radical (unpaired) electrons. The molecule has 9 aromatic rings. The Balaban J connectivity index is 1.06. The Morgan fingerprint density at radius 2 is 0.745 bits per heavy atom. The van der Waals surface area contributed by atoms with Gasteiger partial charge in [0, 0.05) is 44.8 Å². The zero-order chi connectivity index (χ0) is 36.6. The van der Waals surface area contributed by atoms with Gasteiger partial charge in [0.15, 0.2) is 0 Å². The van der Waals surface area contributed by atoms with Crippen LogP contribution in [0.25, 0.3) is 44.2 Å². The SMILES string of the molecule is c1ccc(-c2ccc(-c3ccc(N(c4ccccc4)c4ccc5c6c(cccc46)-c4cc(N(c6ccccc6)c6ccccc6)ccc4O5)cc3)cc2)cc1. The number of hydrogen-bond acceptors (Lipinski definition) is 3. The van der Waals surface area contributed by atoms with E-state index in [0.29, 0.717) is 0 Å². The van der Waals surface area contributed by atoms with Crippen LogP contribution in [0.2, 0.25) is 0 Å². The Labute approximate surface area is 321 Å². The molecule has 0 N–H and O–H groups in total. The lowest BCUT2D eigenvalue weighted by atomic mass is 9.93. The number of rotatable bonds is 8. The summed E-state index contributed by atoms with van der Waals surface area (Å²) in [6, 6.07) is 77.3. The number of ether oxygens (including phenoxy) is 1. The summed E-state index contributed by atoms with van der Waals surface area (Å²) in [5.74, 6) is 1.71. The molecule has 10 rings (SSSR count). The highest BCUT2D eigenvalue weighted by molar-refractivity contribution is 6.11. The van der Waals surface area contributed by atoms with Crippen molar-refractivity contribution in [1.82, 2.24) is 0 Å². The molecule has 55 heavy (non-hydrogen) atoms. The van der Waals surface area contributed by atoms with Crippen LogP contribution in [-0.4, -0.2) is 0 Å². The van der Waals surface area contributed by atoms with Crippen LogP contribution in [0.5, 0.6) is 11.5 Å². The topological polar surface area (TPSA) is 15.7 Å². The molecule has 0 aromatic heterocycles. The molecule has 1 aliphatic heterocycles. The minimum Gasteiger partial charge on any atom is -0.456 e. The predicted octanol–water partition coefficient (Wildman–Crippen LogP) is 14.9. The molecule has 0 atom stereocenters. The van der Waals surface area contributed by atoms with Crippen molar-refractivity contribution in [3.63, 3.8) is 0 Å². The van der Waals surface area contributed by atoms with E-state index in [9.17, 15) is 0 Å². The normalized spacial score (nSPS) is 11.4. The second-order valence-corrected chi connectivity index (χ2v) is 13.8. The summed E-state index contributed by atoms with van der Waals surface area (Å²) in [5.41, 5.74) is 13.5. The predicted molar refractivity (Wildman–Crippen MR) is 230 cm³/mol. The Bertz CT molecular complexity index is 2710. The van der Waals surface area contributed by atoms with Gasteiger partial charge in [-0.15, -0.1) is 0 Å². The van der Waals surface area contributed by atoms with E-state index in [2.05, 4.69) is 228 Å². The van der Waals surface area contributed by atoms with Gasteiger partial charge in [-0.3, -0.25) is 0 Å². The number of para-hydroxylation sites is 3. The van der Waals surface area contributed by atoms with E-state index in [4.69, 9.17) is 4.74 Å². The molecule has 0 spiro atoms. The minimum absolute atomic E-state index is 0.852. The molecule has 0 bridgehead atoms. The second kappa shape index (κ2) is 13.9. The fourth-order valence-electron chi connectivity index (χ4n) is 7.83. The average molecular weight is 705 g/mol. The van der Waals surface area contributed by atoms with Crippen molar-refractivity contribution in [1.29, 1.82) is 0 Å². The monoisotopic (exact) mass is 704 g/mol. The van der Waals surface area contributed by atoms with Crippen LogP contribution in [0.4, 0.5) is 34.1 Å². The first-order valence-corrected chi connectivity index (χ1v) is 18.7. The maximum Gasteiger partial charge on any atom is 0.136 e. The van der Waals surface area contributed by atoms with Gasteiger partial charge in [0.05, 0.1) is 5.69 Å². The first kappa shape index (κ1) is 32.3. The average Bonchev–Trinajstić information content (AvgIpc) is 3.26. The van der Waals surface area contributed by atoms with Crippen LogP contribution >= 0.6 is 0 Å². The number of benzene rings is 9. The molecule has 0 unspecified atom stereocenters. The molecule has 0 fully saturated rings. The Kier molecular flexibility index (Phi) is 8.16. The van der Waals surface area contributed by atoms with Gasteiger partial charge in [-0.25, -0.2) is 0 Å². The molecule has 1 heterocycles. The zero-order valence-electron chi connectivity index (χ0n) is 30.1. The Morgan fingerprint density at radius 3 is 1.33 bits per heavy atom. The van der Waals surface area contributed by atoms with Crippen molar-refractivity contribution in [2.24, 2.45) is 0 Å². The van der Waals surface area contributed by atoms with Gasteiger partial charge in [-0.1, -0.05) is 140 Å². The third-order valence-corrected chi connectivity index (χ3v) is 10.4. The highest BCUT2D eigenvalue weighted by Gasteiger charge is 2.25. The van der Waals surface area contributed by atoms with Crippen molar-refractivity contribution < 1.29 is 4.74 Å². The third kappa shape index (κ3) is 5.98. The number of anilines is 6. The molecule has 0 saturated heterocycles. The highest BCUT2D eigenvalue weighted by atomic mass is 16.5. The zero-order valence-corrected chi connectivity index (χ0v) is 30.1. The summed E-state index contributed by atoms with van der Waals surface area (Å²) in [6.07, 6.45) is 0. The van der Waals surface area contributed by atoms with E-state index in [-0.39, 0.29) is 0 Å². The summed E-state index contributed by atoms with van der Waals surface area (Å²) in [6.45, 7) is 0. The summed E-state index contributed by atoms with van der Waals surface area (Å²) in [4.78, 5) is 4.65. The molecule has 3 heteroatoms. The fourth-order valence-corrected chi connectivity index (χ4v) is 7.83. The maximum absolute atomic E-state index is 6.71. The van der Waals surface area contributed by atoms with E-state index >= 15 is 0 Å². The van der Waals surface area contributed by atoms with Gasteiger partial charge in [-0.2, -0.15) is 0 Å². The van der Waals surface area contributed by atoms with Gasteiger partial charge in [0.2, 0.25) is 0 Å². The lowest BCUT2D eigenvalue weighted by Gasteiger charge is -2.30. The first-order chi connectivity index (χ1) is 27.3. The largest absolute Gasteiger partial charge is 0.456 e. The van der Waals surface area contributed by atoms with Crippen molar-refractivity contribution in [3.05, 3.63) is 218 Å². The molecule has 9 aromatic carbocycles. The van der Waals surface area contributed by atoms with Crippen molar-refractivity contribution in [2.45, 2.75) is 0 Å². The van der Waals surface area contributed by atoms with E-state index in [1.54, 1.807) is 0 Å². The van der Waals surface area contributed by atoms with E-state index in [0.717, 1.165) is 67.5 Å². The summed E-state index contributed by atoms with van der Waals surface area (Å²) < 4.78 is 6.71. The summed E-state index contributed by atoms with van der Waals surface area (Å²) in [7, 11) is 0. The second-order valence-electron chi connectivity index (χ2n) is 13.8. The number of hydrogen-bond donors (Lipinski definition) is 0. The fraction of sp³-hybridized carbons (Fsp3) is 0. The summed E-state index contributed by atoms with van der Waals surface area (Å²) >= 11 is 0. The highest BCUT2D eigenvalue weighted by Crippen LogP contribution is 2.52.